The van der Waals surface area contributed by atoms with E-state index in [1.165, 1.54) is 22.5 Å². The van der Waals surface area contributed by atoms with Crippen LogP contribution in [0.2, 0.25) is 0 Å². The highest BCUT2D eigenvalue weighted by atomic mass is 32.2. The lowest BCUT2D eigenvalue weighted by atomic mass is 10.4. The van der Waals surface area contributed by atoms with Gasteiger partial charge in [-0.25, -0.2) is 12.8 Å². The van der Waals surface area contributed by atoms with Gasteiger partial charge in [-0.1, -0.05) is 12.1 Å². The lowest BCUT2D eigenvalue weighted by Crippen LogP contribution is -2.41. The monoisotopic (exact) mass is 277 g/mol. The van der Waals surface area contributed by atoms with Gasteiger partial charge in [0, 0.05) is 35.4 Å². The first-order valence-electron chi connectivity index (χ1n) is 5.11. The Bertz CT molecular complexity index is 534. The molecule has 0 N–H and O–H groups in total. The Hall–Kier alpha value is -0.790. The molecule has 1 aromatic rings. The van der Waals surface area contributed by atoms with Crippen molar-refractivity contribution in [1.82, 2.24) is 4.31 Å². The number of sulfonamides is 1. The largest absolute Gasteiger partial charge is 0.259 e. The van der Waals surface area contributed by atoms with Gasteiger partial charge >= 0.3 is 0 Å². The van der Waals surface area contributed by atoms with Crippen LogP contribution < -0.4 is 0 Å². The second-order valence-electron chi connectivity index (χ2n) is 3.68. The molecule has 0 bridgehead atoms. The smallest absolute Gasteiger partial charge is 0.246 e. The summed E-state index contributed by atoms with van der Waals surface area (Å²) >= 11 is 0. The van der Waals surface area contributed by atoms with Gasteiger partial charge < -0.3 is 0 Å². The van der Waals surface area contributed by atoms with E-state index in [1.807, 2.05) is 0 Å². The third-order valence-corrected chi connectivity index (χ3v) is 5.80. The molecule has 7 heteroatoms. The van der Waals surface area contributed by atoms with E-state index in [0.29, 0.717) is 11.5 Å². The minimum Gasteiger partial charge on any atom is -0.259 e. The molecule has 1 aromatic carbocycles. The fourth-order valence-corrected chi connectivity index (χ4v) is 4.44. The molecule has 94 valence electrons. The molecule has 1 heterocycles. The van der Waals surface area contributed by atoms with E-state index in [0.717, 1.165) is 6.07 Å². The van der Waals surface area contributed by atoms with Crippen LogP contribution in [0.15, 0.2) is 29.2 Å². The number of nitrogens with zero attached hydrogens (tertiary/aromatic N) is 1. The molecule has 2 rings (SSSR count). The van der Waals surface area contributed by atoms with E-state index in [2.05, 4.69) is 0 Å². The molecule has 1 saturated heterocycles. The number of halogens is 1. The first-order chi connectivity index (χ1) is 8.01. The minimum absolute atomic E-state index is 0.184. The predicted molar refractivity (Wildman–Crippen MR) is 63.0 cm³/mol. The predicted octanol–water partition coefficient (Wildman–Crippen LogP) is 0.579. The molecule has 0 aliphatic carbocycles. The Morgan fingerprint density at radius 2 is 1.76 bits per heavy atom. The van der Waals surface area contributed by atoms with Crippen LogP contribution in [0.1, 0.15) is 0 Å². The van der Waals surface area contributed by atoms with Crippen LogP contribution in [0.4, 0.5) is 4.39 Å². The van der Waals surface area contributed by atoms with Gasteiger partial charge in [0.25, 0.3) is 0 Å². The highest BCUT2D eigenvalue weighted by Crippen LogP contribution is 2.20. The van der Waals surface area contributed by atoms with E-state index in [1.54, 1.807) is 0 Å². The average molecular weight is 277 g/mol. The first kappa shape index (κ1) is 12.7. The summed E-state index contributed by atoms with van der Waals surface area (Å²) in [5.41, 5.74) is 0. The van der Waals surface area contributed by atoms with Gasteiger partial charge in [-0.3, -0.25) is 4.21 Å². The lowest BCUT2D eigenvalue weighted by Gasteiger charge is -2.25. The lowest BCUT2D eigenvalue weighted by molar-refractivity contribution is 0.434. The third-order valence-electron chi connectivity index (χ3n) is 2.59. The van der Waals surface area contributed by atoms with E-state index in [9.17, 15) is 17.0 Å². The zero-order valence-corrected chi connectivity index (χ0v) is 10.6. The molecule has 0 radical (unpaired) electrons. The molecular formula is C10H12FNO3S2. The molecule has 17 heavy (non-hydrogen) atoms. The van der Waals surface area contributed by atoms with Gasteiger partial charge in [0.05, 0.1) is 0 Å². The Labute approximate surface area is 102 Å². The zero-order chi connectivity index (χ0) is 12.5. The number of hydrogen-bond acceptors (Lipinski definition) is 3. The highest BCUT2D eigenvalue weighted by Gasteiger charge is 2.29. The van der Waals surface area contributed by atoms with E-state index >= 15 is 0 Å². The molecular weight excluding hydrogens is 265 g/mol. The topological polar surface area (TPSA) is 54.5 Å². The van der Waals surface area contributed by atoms with Gasteiger partial charge in [-0.15, -0.1) is 0 Å². The Kier molecular flexibility index (Phi) is 3.60. The van der Waals surface area contributed by atoms with E-state index < -0.39 is 26.6 Å². The van der Waals surface area contributed by atoms with Crippen molar-refractivity contribution >= 4 is 20.8 Å². The van der Waals surface area contributed by atoms with Crippen molar-refractivity contribution in [2.75, 3.05) is 24.6 Å². The zero-order valence-electron chi connectivity index (χ0n) is 9.00. The molecule has 1 aliphatic rings. The van der Waals surface area contributed by atoms with Crippen LogP contribution in [-0.2, 0) is 20.8 Å². The molecule has 0 unspecified atom stereocenters. The van der Waals surface area contributed by atoms with Crippen molar-refractivity contribution in [3.8, 4) is 0 Å². The molecule has 1 fully saturated rings. The molecule has 0 spiro atoms. The second-order valence-corrected chi connectivity index (χ2v) is 7.29. The van der Waals surface area contributed by atoms with Crippen LogP contribution in [0.25, 0.3) is 0 Å². The van der Waals surface area contributed by atoms with Crippen LogP contribution in [0, 0.1) is 5.82 Å². The van der Waals surface area contributed by atoms with Crippen LogP contribution in [-0.4, -0.2) is 41.5 Å². The Morgan fingerprint density at radius 3 is 2.35 bits per heavy atom. The summed E-state index contributed by atoms with van der Waals surface area (Å²) in [7, 11) is -4.75. The highest BCUT2D eigenvalue weighted by molar-refractivity contribution is 7.89. The van der Waals surface area contributed by atoms with E-state index in [4.69, 9.17) is 0 Å². The van der Waals surface area contributed by atoms with Crippen molar-refractivity contribution in [2.45, 2.75) is 4.90 Å². The summed E-state index contributed by atoms with van der Waals surface area (Å²) in [5.74, 6) is -0.124. The summed E-state index contributed by atoms with van der Waals surface area (Å²) in [6.45, 7) is 0.368. The molecule has 4 nitrogen and oxygen atoms in total. The van der Waals surface area contributed by atoms with Crippen LogP contribution in [0.3, 0.4) is 0 Å². The minimum atomic E-state index is -3.79. The molecule has 0 aromatic heterocycles. The van der Waals surface area contributed by atoms with Gasteiger partial charge in [-0.05, 0) is 12.1 Å². The Balaban J connectivity index is 2.31. The molecule has 0 saturated carbocycles. The Morgan fingerprint density at radius 1 is 1.18 bits per heavy atom. The van der Waals surface area contributed by atoms with Gasteiger partial charge in [0.2, 0.25) is 10.0 Å². The van der Waals surface area contributed by atoms with Crippen LogP contribution in [0.5, 0.6) is 0 Å². The van der Waals surface area contributed by atoms with Crippen molar-refractivity contribution in [3.63, 3.8) is 0 Å². The van der Waals surface area contributed by atoms with Crippen molar-refractivity contribution in [1.29, 1.82) is 0 Å². The molecule has 0 amide bonds. The van der Waals surface area contributed by atoms with Crippen LogP contribution >= 0.6 is 0 Å². The maximum atomic E-state index is 13.5. The van der Waals surface area contributed by atoms with E-state index in [-0.39, 0.29) is 18.0 Å². The van der Waals surface area contributed by atoms with Crippen molar-refractivity contribution < 1.29 is 17.0 Å². The summed E-state index contributed by atoms with van der Waals surface area (Å²) in [6, 6.07) is 5.29. The fraction of sp³-hybridized carbons (Fsp3) is 0.400. The summed E-state index contributed by atoms with van der Waals surface area (Å²) < 4.78 is 50.0. The van der Waals surface area contributed by atoms with Crippen molar-refractivity contribution in [2.24, 2.45) is 0 Å². The van der Waals surface area contributed by atoms with Gasteiger partial charge in [-0.2, -0.15) is 4.31 Å². The molecule has 1 aliphatic heterocycles. The van der Waals surface area contributed by atoms with Crippen molar-refractivity contribution in [3.05, 3.63) is 30.1 Å². The first-order valence-corrected chi connectivity index (χ1v) is 8.04. The summed E-state index contributed by atoms with van der Waals surface area (Å²) in [5, 5.41) is 0. The second kappa shape index (κ2) is 4.83. The fourth-order valence-electron chi connectivity index (χ4n) is 1.65. The number of hydrogen-bond donors (Lipinski definition) is 0. The third kappa shape index (κ3) is 2.56. The summed E-state index contributed by atoms with van der Waals surface area (Å²) in [6.07, 6.45) is 0. The number of benzene rings is 1. The maximum absolute atomic E-state index is 13.5. The maximum Gasteiger partial charge on any atom is 0.246 e. The molecule has 0 atom stereocenters. The standard InChI is InChI=1S/C10H12FNO3S2/c11-9-3-1-2-4-10(9)17(14,15)12-5-7-16(13)8-6-12/h1-4H,5-8H2. The summed E-state index contributed by atoms with van der Waals surface area (Å²) in [4.78, 5) is -0.312. The van der Waals surface area contributed by atoms with Gasteiger partial charge in [0.1, 0.15) is 10.7 Å². The normalized spacial score (nSPS) is 19.4. The average Bonchev–Trinajstić information content (AvgIpc) is 2.30. The quantitative estimate of drug-likeness (QED) is 0.794. The van der Waals surface area contributed by atoms with Gasteiger partial charge in [0.15, 0.2) is 0 Å². The number of rotatable bonds is 2. The SMILES string of the molecule is O=S1CCN(S(=O)(=O)c2ccccc2F)CC1.